The molecule has 2 aromatic rings. The summed E-state index contributed by atoms with van der Waals surface area (Å²) in [6.07, 6.45) is 0. The standard InChI is InChI=1S/C12H12BrNO/c1-6-4-7(2)11-9(5-6)10(13)12(14-11)8(3)15/h4-5,14H,1-3H3. The molecular weight excluding hydrogens is 254 g/mol. The Labute approximate surface area is 96.8 Å². The van der Waals surface area contributed by atoms with Crippen LogP contribution in [0, 0.1) is 13.8 Å². The number of aromatic amines is 1. The number of rotatable bonds is 1. The van der Waals surface area contributed by atoms with Crippen molar-refractivity contribution in [2.24, 2.45) is 0 Å². The molecule has 0 radical (unpaired) electrons. The molecule has 0 aliphatic carbocycles. The Morgan fingerprint density at radius 2 is 2.00 bits per heavy atom. The Bertz CT molecular complexity index is 554. The van der Waals surface area contributed by atoms with Crippen molar-refractivity contribution in [2.45, 2.75) is 20.8 Å². The molecule has 2 nitrogen and oxygen atoms in total. The van der Waals surface area contributed by atoms with Gasteiger partial charge in [-0.15, -0.1) is 0 Å². The lowest BCUT2D eigenvalue weighted by molar-refractivity contribution is 0.101. The maximum Gasteiger partial charge on any atom is 0.177 e. The average Bonchev–Trinajstić information content (AvgIpc) is 2.44. The molecule has 0 aliphatic heterocycles. The molecule has 1 N–H and O–H groups in total. The van der Waals surface area contributed by atoms with Gasteiger partial charge in [0, 0.05) is 12.3 Å². The minimum atomic E-state index is 0.0510. The monoisotopic (exact) mass is 265 g/mol. The highest BCUT2D eigenvalue weighted by atomic mass is 79.9. The highest BCUT2D eigenvalue weighted by Gasteiger charge is 2.13. The third-order valence-corrected chi connectivity index (χ3v) is 3.36. The van der Waals surface area contributed by atoms with Gasteiger partial charge in [-0.3, -0.25) is 4.79 Å². The van der Waals surface area contributed by atoms with Crippen molar-refractivity contribution in [3.63, 3.8) is 0 Å². The van der Waals surface area contributed by atoms with E-state index in [4.69, 9.17) is 0 Å². The molecule has 78 valence electrons. The molecule has 0 atom stereocenters. The van der Waals surface area contributed by atoms with E-state index in [1.165, 1.54) is 11.1 Å². The molecular formula is C12H12BrNO. The minimum absolute atomic E-state index is 0.0510. The average molecular weight is 266 g/mol. The smallest absolute Gasteiger partial charge is 0.177 e. The number of hydrogen-bond donors (Lipinski definition) is 1. The fourth-order valence-electron chi connectivity index (χ4n) is 1.86. The summed E-state index contributed by atoms with van der Waals surface area (Å²) < 4.78 is 0.872. The molecule has 0 spiro atoms. The Hall–Kier alpha value is -1.09. The summed E-state index contributed by atoms with van der Waals surface area (Å²) in [4.78, 5) is 14.5. The molecule has 0 unspecified atom stereocenters. The lowest BCUT2D eigenvalue weighted by Gasteiger charge is -1.98. The van der Waals surface area contributed by atoms with Crippen molar-refractivity contribution >= 4 is 32.6 Å². The Morgan fingerprint density at radius 3 is 2.60 bits per heavy atom. The predicted octanol–water partition coefficient (Wildman–Crippen LogP) is 3.75. The Kier molecular flexibility index (Phi) is 2.43. The van der Waals surface area contributed by atoms with Crippen LogP contribution < -0.4 is 0 Å². The fourth-order valence-corrected chi connectivity index (χ4v) is 2.55. The topological polar surface area (TPSA) is 32.9 Å². The predicted molar refractivity (Wildman–Crippen MR) is 65.5 cm³/mol. The zero-order valence-electron chi connectivity index (χ0n) is 8.94. The Morgan fingerprint density at radius 1 is 1.33 bits per heavy atom. The lowest BCUT2D eigenvalue weighted by atomic mass is 10.1. The molecule has 0 saturated heterocycles. The molecule has 1 heterocycles. The summed E-state index contributed by atoms with van der Waals surface area (Å²) in [6, 6.07) is 4.19. The van der Waals surface area contributed by atoms with Crippen LogP contribution >= 0.6 is 15.9 Å². The summed E-state index contributed by atoms with van der Waals surface area (Å²) in [5.41, 5.74) is 4.06. The van der Waals surface area contributed by atoms with E-state index in [2.05, 4.69) is 40.0 Å². The van der Waals surface area contributed by atoms with Crippen LogP contribution in [0.4, 0.5) is 0 Å². The van der Waals surface area contributed by atoms with Crippen LogP contribution in [0.2, 0.25) is 0 Å². The van der Waals surface area contributed by atoms with Crippen LogP contribution in [0.3, 0.4) is 0 Å². The Balaban J connectivity index is 2.88. The van der Waals surface area contributed by atoms with Crippen molar-refractivity contribution in [1.82, 2.24) is 4.98 Å². The van der Waals surface area contributed by atoms with Crippen LogP contribution in [0.15, 0.2) is 16.6 Å². The number of ketones is 1. The van der Waals surface area contributed by atoms with E-state index in [9.17, 15) is 4.79 Å². The van der Waals surface area contributed by atoms with Gasteiger partial charge < -0.3 is 4.98 Å². The van der Waals surface area contributed by atoms with Crippen molar-refractivity contribution in [2.75, 3.05) is 0 Å². The molecule has 1 aromatic carbocycles. The van der Waals surface area contributed by atoms with Gasteiger partial charge in [-0.25, -0.2) is 0 Å². The molecule has 0 saturated carbocycles. The fraction of sp³-hybridized carbons (Fsp3) is 0.250. The van der Waals surface area contributed by atoms with E-state index in [0.29, 0.717) is 5.69 Å². The van der Waals surface area contributed by atoms with E-state index in [1.807, 2.05) is 6.92 Å². The zero-order valence-corrected chi connectivity index (χ0v) is 10.5. The largest absolute Gasteiger partial charge is 0.351 e. The van der Waals surface area contributed by atoms with E-state index < -0.39 is 0 Å². The van der Waals surface area contributed by atoms with E-state index in [1.54, 1.807) is 6.92 Å². The second-order valence-corrected chi connectivity index (χ2v) is 4.67. The summed E-state index contributed by atoms with van der Waals surface area (Å²) in [6.45, 7) is 5.67. The zero-order chi connectivity index (χ0) is 11.2. The number of hydrogen-bond acceptors (Lipinski definition) is 1. The van der Waals surface area contributed by atoms with Crippen LogP contribution in [0.5, 0.6) is 0 Å². The first kappa shape index (κ1) is 10.4. The van der Waals surface area contributed by atoms with Crippen molar-refractivity contribution in [1.29, 1.82) is 0 Å². The number of benzene rings is 1. The number of nitrogens with one attached hydrogen (secondary N) is 1. The highest BCUT2D eigenvalue weighted by Crippen LogP contribution is 2.30. The summed E-state index contributed by atoms with van der Waals surface area (Å²) >= 11 is 3.47. The number of H-pyrrole nitrogens is 1. The third kappa shape index (κ3) is 1.61. The van der Waals surface area contributed by atoms with Gasteiger partial charge in [0.05, 0.1) is 15.7 Å². The van der Waals surface area contributed by atoms with Crippen molar-refractivity contribution in [3.05, 3.63) is 33.4 Å². The molecule has 1 aromatic heterocycles. The number of fused-ring (bicyclic) bond motifs is 1. The van der Waals surface area contributed by atoms with E-state index in [0.717, 1.165) is 15.4 Å². The first-order valence-corrected chi connectivity index (χ1v) is 5.59. The molecule has 0 aliphatic rings. The van der Waals surface area contributed by atoms with Gasteiger partial charge in [-0.05, 0) is 41.4 Å². The molecule has 0 amide bonds. The quantitative estimate of drug-likeness (QED) is 0.783. The first-order valence-electron chi connectivity index (χ1n) is 4.80. The number of carbonyl (C=O) groups excluding carboxylic acids is 1. The van der Waals surface area contributed by atoms with Gasteiger partial charge in [-0.1, -0.05) is 11.6 Å². The maximum atomic E-state index is 11.4. The molecule has 15 heavy (non-hydrogen) atoms. The van der Waals surface area contributed by atoms with Gasteiger partial charge in [0.2, 0.25) is 0 Å². The SMILES string of the molecule is CC(=O)c1[nH]c2c(C)cc(C)cc2c1Br. The maximum absolute atomic E-state index is 11.4. The van der Waals surface area contributed by atoms with Gasteiger partial charge in [0.25, 0.3) is 0 Å². The summed E-state index contributed by atoms with van der Waals surface area (Å²) in [5, 5.41) is 1.08. The van der Waals surface area contributed by atoms with Gasteiger partial charge in [0.1, 0.15) is 0 Å². The van der Waals surface area contributed by atoms with Gasteiger partial charge >= 0.3 is 0 Å². The first-order chi connectivity index (χ1) is 7.00. The minimum Gasteiger partial charge on any atom is -0.351 e. The second-order valence-electron chi connectivity index (χ2n) is 3.87. The molecule has 0 bridgehead atoms. The number of carbonyl (C=O) groups is 1. The van der Waals surface area contributed by atoms with E-state index in [-0.39, 0.29) is 5.78 Å². The molecule has 0 fully saturated rings. The highest BCUT2D eigenvalue weighted by molar-refractivity contribution is 9.10. The second kappa shape index (κ2) is 3.49. The van der Waals surface area contributed by atoms with Crippen LogP contribution in [-0.2, 0) is 0 Å². The number of halogens is 1. The lowest BCUT2D eigenvalue weighted by Crippen LogP contribution is -1.92. The molecule has 3 heteroatoms. The summed E-state index contributed by atoms with van der Waals surface area (Å²) in [5.74, 6) is 0.0510. The third-order valence-electron chi connectivity index (χ3n) is 2.54. The number of aryl methyl sites for hydroxylation is 2. The summed E-state index contributed by atoms with van der Waals surface area (Å²) in [7, 11) is 0. The van der Waals surface area contributed by atoms with Gasteiger partial charge in [-0.2, -0.15) is 0 Å². The van der Waals surface area contributed by atoms with E-state index >= 15 is 0 Å². The van der Waals surface area contributed by atoms with Crippen LogP contribution in [0.1, 0.15) is 28.5 Å². The van der Waals surface area contributed by atoms with Crippen LogP contribution in [0.25, 0.3) is 10.9 Å². The normalized spacial score (nSPS) is 10.9. The molecule has 2 rings (SSSR count). The van der Waals surface area contributed by atoms with Crippen molar-refractivity contribution in [3.8, 4) is 0 Å². The van der Waals surface area contributed by atoms with Gasteiger partial charge in [0.15, 0.2) is 5.78 Å². The van der Waals surface area contributed by atoms with Crippen molar-refractivity contribution < 1.29 is 4.79 Å². The number of aromatic nitrogens is 1. The number of Topliss-reactive ketones (excluding diaryl/α,β-unsaturated/α-hetero) is 1. The van der Waals surface area contributed by atoms with Crippen LogP contribution in [-0.4, -0.2) is 10.8 Å².